The average molecular weight is 1540 g/mol. The molecule has 0 fully saturated rings. The van der Waals surface area contributed by atoms with E-state index in [0.717, 1.165) is 95.8 Å². The van der Waals surface area contributed by atoms with Crippen LogP contribution >= 0.6 is 15.6 Å². The van der Waals surface area contributed by atoms with Crippen LogP contribution in [0.3, 0.4) is 0 Å². The Bertz CT molecular complexity index is 2000. The van der Waals surface area contributed by atoms with Gasteiger partial charge in [-0.3, -0.25) is 37.3 Å². The summed E-state index contributed by atoms with van der Waals surface area (Å²) in [6.45, 7) is 7.37. The maximum atomic E-state index is 13.1. The third-order valence-electron chi connectivity index (χ3n) is 20.3. The number of carbonyl (C=O) groups is 4. The number of hydrogen-bond donors (Lipinski definition) is 3. The van der Waals surface area contributed by atoms with Gasteiger partial charge in [0.15, 0.2) is 12.2 Å². The van der Waals surface area contributed by atoms with E-state index in [0.29, 0.717) is 25.7 Å². The van der Waals surface area contributed by atoms with Crippen molar-refractivity contribution in [3.8, 4) is 0 Å². The summed E-state index contributed by atoms with van der Waals surface area (Å²) < 4.78 is 68.9. The normalized spacial score (nSPS) is 13.8. The summed E-state index contributed by atoms with van der Waals surface area (Å²) in [5, 5.41) is 10.7. The van der Waals surface area contributed by atoms with E-state index < -0.39 is 97.5 Å². The molecule has 0 radical (unpaired) electrons. The number of phosphoric acid groups is 2. The van der Waals surface area contributed by atoms with Crippen LogP contribution in [-0.4, -0.2) is 96.7 Å². The molecule has 17 nitrogen and oxygen atoms in total. The zero-order chi connectivity index (χ0) is 76.9. The average Bonchev–Trinajstić information content (AvgIpc) is 0.905. The minimum Gasteiger partial charge on any atom is -0.462 e. The van der Waals surface area contributed by atoms with E-state index in [4.69, 9.17) is 37.0 Å². The van der Waals surface area contributed by atoms with E-state index in [1.807, 2.05) is 0 Å². The molecule has 0 saturated heterocycles. The first-order valence-electron chi connectivity index (χ1n) is 44.6. The number of rotatable bonds is 86. The lowest BCUT2D eigenvalue weighted by Crippen LogP contribution is -2.30. The first-order chi connectivity index (χ1) is 51.0. The summed E-state index contributed by atoms with van der Waals surface area (Å²) in [7, 11) is -9.92. The molecule has 0 spiro atoms. The van der Waals surface area contributed by atoms with Crippen molar-refractivity contribution in [3.63, 3.8) is 0 Å². The highest BCUT2D eigenvalue weighted by Crippen LogP contribution is 2.45. The van der Waals surface area contributed by atoms with Crippen molar-refractivity contribution in [1.82, 2.24) is 0 Å². The number of carbonyl (C=O) groups excluding carboxylic acids is 4. The standard InChI is InChI=1S/C86H168O17P2/c1-6-9-12-15-18-21-23-25-27-29-31-32-33-35-37-42-46-51-56-61-66-71-86(91)103-82(76-97-84(89)70-65-60-55-50-45-41-36-34-30-28-26-24-22-19-16-13-10-7-2)78-101-105(94,95)99-74-80(87)73-98-104(92,93)100-77-81(75-96-83(88)69-64-59-54-48-20-17-14-11-8-3)102-85(90)72-67-62-57-52-47-43-39-38-40-44-49-53-58-63-68-79(4)5/h79-82,87H,6-78H2,1-5H3,(H,92,93)(H,94,95)/t80-,81+,82+/m0/s1. The maximum Gasteiger partial charge on any atom is 0.472 e. The van der Waals surface area contributed by atoms with Crippen LogP contribution in [0.2, 0.25) is 0 Å². The number of esters is 4. The first-order valence-corrected chi connectivity index (χ1v) is 47.6. The van der Waals surface area contributed by atoms with Crippen molar-refractivity contribution in [2.75, 3.05) is 39.6 Å². The summed E-state index contributed by atoms with van der Waals surface area (Å²) in [5.41, 5.74) is 0. The SMILES string of the molecule is CCCCCCCCCCCCCCCCCCCCCCCC(=O)O[C@H](COC(=O)CCCCCCCCCCCCCCCCCCCC)COP(=O)(O)OC[C@@H](O)COP(=O)(O)OC[C@@H](COC(=O)CCCCCCCCCCC)OC(=O)CCCCCCCCCCCCCCCCC(C)C. The molecule has 5 atom stereocenters. The minimum atomic E-state index is -4.96. The molecular formula is C86H168O17P2. The van der Waals surface area contributed by atoms with E-state index in [2.05, 4.69) is 34.6 Å². The summed E-state index contributed by atoms with van der Waals surface area (Å²) >= 11 is 0. The molecule has 0 bridgehead atoms. The van der Waals surface area contributed by atoms with Gasteiger partial charge in [0.2, 0.25) is 0 Å². The number of phosphoric ester groups is 2. The summed E-state index contributed by atoms with van der Waals surface area (Å²) in [6, 6.07) is 0. The van der Waals surface area contributed by atoms with Crippen molar-refractivity contribution in [2.24, 2.45) is 5.92 Å². The Morgan fingerprint density at radius 1 is 0.257 bits per heavy atom. The molecule has 624 valence electrons. The highest BCUT2D eigenvalue weighted by molar-refractivity contribution is 7.47. The van der Waals surface area contributed by atoms with Gasteiger partial charge < -0.3 is 33.8 Å². The van der Waals surface area contributed by atoms with Crippen LogP contribution in [0.1, 0.15) is 465 Å². The van der Waals surface area contributed by atoms with Gasteiger partial charge in [0.1, 0.15) is 19.3 Å². The minimum absolute atomic E-state index is 0.108. The Kier molecular flexibility index (Phi) is 77.3. The summed E-state index contributed by atoms with van der Waals surface area (Å²) in [4.78, 5) is 73.2. The van der Waals surface area contributed by atoms with Gasteiger partial charge in [0.05, 0.1) is 26.4 Å². The summed E-state index contributed by atoms with van der Waals surface area (Å²) in [5.74, 6) is -1.31. The van der Waals surface area contributed by atoms with Crippen molar-refractivity contribution in [3.05, 3.63) is 0 Å². The predicted molar refractivity (Wildman–Crippen MR) is 432 cm³/mol. The second-order valence-electron chi connectivity index (χ2n) is 31.4. The fraction of sp³-hybridized carbons (Fsp3) is 0.953. The lowest BCUT2D eigenvalue weighted by atomic mass is 10.0. The van der Waals surface area contributed by atoms with Gasteiger partial charge in [-0.05, 0) is 31.6 Å². The molecule has 0 aliphatic heterocycles. The second kappa shape index (κ2) is 78.7. The largest absolute Gasteiger partial charge is 0.472 e. The molecule has 0 aliphatic rings. The van der Waals surface area contributed by atoms with E-state index >= 15 is 0 Å². The molecule has 3 N–H and O–H groups in total. The Hall–Kier alpha value is -1.94. The quantitative estimate of drug-likeness (QED) is 0.0222. The molecule has 0 rings (SSSR count). The maximum absolute atomic E-state index is 13.1. The van der Waals surface area contributed by atoms with Crippen molar-refractivity contribution in [2.45, 2.75) is 483 Å². The molecule has 2 unspecified atom stereocenters. The number of unbranched alkanes of at least 4 members (excludes halogenated alkanes) is 58. The van der Waals surface area contributed by atoms with E-state index in [-0.39, 0.29) is 25.7 Å². The zero-order valence-electron chi connectivity index (χ0n) is 68.9. The van der Waals surface area contributed by atoms with Gasteiger partial charge in [-0.2, -0.15) is 0 Å². The zero-order valence-corrected chi connectivity index (χ0v) is 70.7. The number of aliphatic hydroxyl groups excluding tert-OH is 1. The van der Waals surface area contributed by atoms with Gasteiger partial charge in [-0.1, -0.05) is 413 Å². The molecule has 0 aliphatic carbocycles. The molecule has 105 heavy (non-hydrogen) atoms. The first kappa shape index (κ1) is 103. The molecule has 0 amide bonds. The van der Waals surface area contributed by atoms with E-state index in [1.54, 1.807) is 0 Å². The van der Waals surface area contributed by atoms with Crippen LogP contribution in [0.4, 0.5) is 0 Å². The summed E-state index contributed by atoms with van der Waals surface area (Å²) in [6.07, 6.45) is 72.3. The lowest BCUT2D eigenvalue weighted by Gasteiger charge is -2.21. The fourth-order valence-electron chi connectivity index (χ4n) is 13.5. The highest BCUT2D eigenvalue weighted by Gasteiger charge is 2.30. The highest BCUT2D eigenvalue weighted by atomic mass is 31.2. The smallest absolute Gasteiger partial charge is 0.462 e. The molecule has 0 aromatic heterocycles. The molecule has 0 aromatic carbocycles. The van der Waals surface area contributed by atoms with Crippen LogP contribution in [-0.2, 0) is 65.4 Å². The van der Waals surface area contributed by atoms with Gasteiger partial charge in [0, 0.05) is 25.7 Å². The topological polar surface area (TPSA) is 237 Å². The predicted octanol–water partition coefficient (Wildman–Crippen LogP) is 26.4. The van der Waals surface area contributed by atoms with Crippen LogP contribution in [0.25, 0.3) is 0 Å². The fourth-order valence-corrected chi connectivity index (χ4v) is 15.1. The van der Waals surface area contributed by atoms with Crippen LogP contribution in [0, 0.1) is 5.92 Å². The van der Waals surface area contributed by atoms with Gasteiger partial charge in [-0.25, -0.2) is 9.13 Å². The van der Waals surface area contributed by atoms with Crippen molar-refractivity contribution >= 4 is 39.5 Å². The Morgan fingerprint density at radius 3 is 0.648 bits per heavy atom. The van der Waals surface area contributed by atoms with Gasteiger partial charge in [-0.15, -0.1) is 0 Å². The Morgan fingerprint density at radius 2 is 0.438 bits per heavy atom. The molecular weight excluding hydrogens is 1370 g/mol. The lowest BCUT2D eigenvalue weighted by molar-refractivity contribution is -0.161. The second-order valence-corrected chi connectivity index (χ2v) is 34.3. The Balaban J connectivity index is 5.20. The third-order valence-corrected chi connectivity index (χ3v) is 22.2. The van der Waals surface area contributed by atoms with E-state index in [1.165, 1.54) is 289 Å². The number of ether oxygens (including phenoxy) is 4. The van der Waals surface area contributed by atoms with Crippen molar-refractivity contribution < 1.29 is 80.2 Å². The van der Waals surface area contributed by atoms with Crippen LogP contribution in [0.15, 0.2) is 0 Å². The molecule has 0 aromatic rings. The van der Waals surface area contributed by atoms with Crippen molar-refractivity contribution in [1.29, 1.82) is 0 Å². The monoisotopic (exact) mass is 1540 g/mol. The Labute approximate surface area is 645 Å². The third kappa shape index (κ3) is 79.9. The van der Waals surface area contributed by atoms with Crippen LogP contribution < -0.4 is 0 Å². The molecule has 19 heteroatoms. The molecule has 0 saturated carbocycles. The number of hydrogen-bond acceptors (Lipinski definition) is 15. The van der Waals surface area contributed by atoms with Crippen LogP contribution in [0.5, 0.6) is 0 Å². The molecule has 0 heterocycles. The van der Waals surface area contributed by atoms with Gasteiger partial charge in [0.25, 0.3) is 0 Å². The number of aliphatic hydroxyl groups is 1. The van der Waals surface area contributed by atoms with Gasteiger partial charge >= 0.3 is 39.5 Å². The van der Waals surface area contributed by atoms with E-state index in [9.17, 15) is 43.2 Å².